The van der Waals surface area contributed by atoms with Crippen molar-refractivity contribution in [3.63, 3.8) is 0 Å². The fraction of sp³-hybridized carbons (Fsp3) is 0.400. The predicted molar refractivity (Wildman–Crippen MR) is 63.3 cm³/mol. The molecule has 15 heavy (non-hydrogen) atoms. The summed E-state index contributed by atoms with van der Waals surface area (Å²) in [4.78, 5) is 12.0. The minimum absolute atomic E-state index is 0. The molecule has 0 saturated carbocycles. The number of hydrogen-bond donors (Lipinski definition) is 1. The van der Waals surface area contributed by atoms with E-state index in [9.17, 15) is 4.89 Å². The van der Waals surface area contributed by atoms with E-state index in [4.69, 9.17) is 11.8 Å². The second kappa shape index (κ2) is 7.63. The second-order valence-electron chi connectivity index (χ2n) is 3.15. The maximum Gasteiger partial charge on any atom is 1.00 e. The molecule has 0 spiro atoms. The normalized spacial score (nSPS) is 14.0. The summed E-state index contributed by atoms with van der Waals surface area (Å²) >= 11 is 5.07. The molecule has 0 aliphatic rings. The summed E-state index contributed by atoms with van der Waals surface area (Å²) in [6, 6.07) is 9.23. The molecule has 0 saturated heterocycles. The minimum Gasteiger partial charge on any atom is -0.807 e. The zero-order valence-corrected chi connectivity index (χ0v) is 11.0. The Morgan fingerprint density at radius 2 is 1.93 bits per heavy atom. The van der Waals surface area contributed by atoms with Gasteiger partial charge in [0.2, 0.25) is 0 Å². The maximum atomic E-state index is 12.0. The molecule has 0 aliphatic heterocycles. The number of unbranched alkanes of at least 4 members (excludes halogenated alkanes) is 1. The van der Waals surface area contributed by atoms with Gasteiger partial charge >= 0.3 is 18.9 Å². The summed E-state index contributed by atoms with van der Waals surface area (Å²) < 4.78 is 0. The van der Waals surface area contributed by atoms with E-state index in [1.54, 1.807) is 0 Å². The predicted octanol–water partition coefficient (Wildman–Crippen LogP) is -1.62. The molecule has 0 bridgehead atoms. The summed E-state index contributed by atoms with van der Waals surface area (Å²) in [5, 5.41) is 3.67. The van der Waals surface area contributed by atoms with E-state index >= 15 is 0 Å². The molecule has 0 radical (unpaired) electrons. The molecule has 0 aliphatic carbocycles. The average molecular weight is 235 g/mol. The summed E-state index contributed by atoms with van der Waals surface area (Å²) in [6.45, 7) is 2.82. The van der Waals surface area contributed by atoms with Crippen LogP contribution in [0.1, 0.15) is 19.8 Å². The molecule has 1 aromatic rings. The van der Waals surface area contributed by atoms with Crippen LogP contribution in [0.2, 0.25) is 0 Å². The quantitative estimate of drug-likeness (QED) is 0.378. The monoisotopic (exact) mass is 235 g/mol. The van der Waals surface area contributed by atoms with Gasteiger partial charge in [0.25, 0.3) is 0 Å². The van der Waals surface area contributed by atoms with Crippen LogP contribution in [0.3, 0.4) is 0 Å². The van der Waals surface area contributed by atoms with Gasteiger partial charge in [0.1, 0.15) is 0 Å². The molecule has 0 fully saturated rings. The summed E-state index contributed by atoms with van der Waals surface area (Å²) in [5.41, 5.74) is 0. The third-order valence-corrected chi connectivity index (χ3v) is 4.58. The Hall–Kier alpha value is 0.387. The Labute approximate surface area is 109 Å². The van der Waals surface area contributed by atoms with Crippen LogP contribution in [-0.2, 0) is 11.8 Å². The van der Waals surface area contributed by atoms with E-state index in [0.717, 1.165) is 24.7 Å². The maximum absolute atomic E-state index is 12.0. The fourth-order valence-electron chi connectivity index (χ4n) is 1.12. The molecule has 0 aromatic heterocycles. The van der Waals surface area contributed by atoms with Gasteiger partial charge in [0.15, 0.2) is 0 Å². The Bertz CT molecular complexity index is 320. The molecule has 1 N–H and O–H groups in total. The average Bonchev–Trinajstić information content (AvgIpc) is 2.19. The third-order valence-electron chi connectivity index (χ3n) is 1.95. The van der Waals surface area contributed by atoms with Crippen molar-refractivity contribution < 1.29 is 23.8 Å². The van der Waals surface area contributed by atoms with Crippen molar-refractivity contribution >= 4 is 23.5 Å². The van der Waals surface area contributed by atoms with Crippen LogP contribution in [0.5, 0.6) is 0 Å². The Kier molecular flexibility index (Phi) is 7.82. The van der Waals surface area contributed by atoms with E-state index in [2.05, 4.69) is 12.0 Å². The SMILES string of the molecule is CCCCNP([O-])(=S)c1ccccc1.[Li+]. The second-order valence-corrected chi connectivity index (χ2v) is 6.63. The van der Waals surface area contributed by atoms with Gasteiger partial charge in [-0.05, 0) is 24.7 Å². The van der Waals surface area contributed by atoms with Gasteiger partial charge in [-0.1, -0.05) is 55.5 Å². The Morgan fingerprint density at radius 3 is 2.47 bits per heavy atom. The van der Waals surface area contributed by atoms with Crippen LogP contribution in [-0.4, -0.2) is 6.54 Å². The van der Waals surface area contributed by atoms with E-state index in [-0.39, 0.29) is 18.9 Å². The van der Waals surface area contributed by atoms with Crippen LogP contribution in [0.15, 0.2) is 30.3 Å². The zero-order valence-electron chi connectivity index (χ0n) is 9.27. The van der Waals surface area contributed by atoms with Crippen LogP contribution in [0.25, 0.3) is 0 Å². The first-order valence-electron chi connectivity index (χ1n) is 4.78. The van der Waals surface area contributed by atoms with E-state index in [0.29, 0.717) is 0 Å². The number of rotatable bonds is 5. The Balaban J connectivity index is 0.00000196. The molecule has 0 amide bonds. The molecule has 1 atom stereocenters. The van der Waals surface area contributed by atoms with Crippen molar-refractivity contribution in [3.8, 4) is 0 Å². The van der Waals surface area contributed by atoms with Crippen molar-refractivity contribution in [2.45, 2.75) is 19.8 Å². The summed E-state index contributed by atoms with van der Waals surface area (Å²) in [7, 11) is 0. The molecule has 2 nitrogen and oxygen atoms in total. The fourth-order valence-corrected chi connectivity index (χ4v) is 2.96. The van der Waals surface area contributed by atoms with Gasteiger partial charge in [-0.25, -0.2) is 0 Å². The number of nitrogens with one attached hydrogen (secondary N) is 1. The summed E-state index contributed by atoms with van der Waals surface area (Å²) in [6.07, 6.45) is -0.653. The first-order valence-corrected chi connectivity index (χ1v) is 7.50. The third kappa shape index (κ3) is 5.31. The van der Waals surface area contributed by atoms with E-state index in [1.165, 1.54) is 0 Å². The van der Waals surface area contributed by atoms with E-state index in [1.807, 2.05) is 30.3 Å². The van der Waals surface area contributed by atoms with Crippen LogP contribution < -0.4 is 34.1 Å². The van der Waals surface area contributed by atoms with Gasteiger partial charge in [-0.15, -0.1) is 0 Å². The van der Waals surface area contributed by atoms with Crippen LogP contribution in [0, 0.1) is 0 Å². The van der Waals surface area contributed by atoms with Gasteiger partial charge in [-0.2, -0.15) is 0 Å². The van der Waals surface area contributed by atoms with Crippen LogP contribution in [0.4, 0.5) is 0 Å². The standard InChI is InChI=1S/C10H16NOPS.Li/c1-2-3-9-11-13(12,14)10-7-5-4-6-8-10;/h4-8H,2-3,9H2,1H3,(H2,11,12,14);/q;+1/p-1. The van der Waals surface area contributed by atoms with Gasteiger partial charge in [0.05, 0.1) is 0 Å². The topological polar surface area (TPSA) is 35.1 Å². The van der Waals surface area contributed by atoms with Crippen molar-refractivity contribution in [2.24, 2.45) is 0 Å². The molecular weight excluding hydrogens is 220 g/mol. The molecular formula is C10H15LiNOPS. The molecule has 1 unspecified atom stereocenters. The van der Waals surface area contributed by atoms with Crippen molar-refractivity contribution in [1.29, 1.82) is 0 Å². The number of benzene rings is 1. The van der Waals surface area contributed by atoms with E-state index < -0.39 is 6.42 Å². The molecule has 5 heteroatoms. The first kappa shape index (κ1) is 15.4. The Morgan fingerprint density at radius 1 is 1.33 bits per heavy atom. The van der Waals surface area contributed by atoms with Gasteiger partial charge < -0.3 is 4.89 Å². The van der Waals surface area contributed by atoms with Crippen molar-refractivity contribution in [3.05, 3.63) is 30.3 Å². The van der Waals surface area contributed by atoms with Gasteiger partial charge in [-0.3, -0.25) is 5.09 Å². The smallest absolute Gasteiger partial charge is 0.807 e. The summed E-state index contributed by atoms with van der Waals surface area (Å²) in [5.74, 6) is 0. The largest absolute Gasteiger partial charge is 1.00 e. The molecule has 78 valence electrons. The van der Waals surface area contributed by atoms with Gasteiger partial charge in [0, 0.05) is 0 Å². The number of hydrogen-bond acceptors (Lipinski definition) is 2. The van der Waals surface area contributed by atoms with Crippen molar-refractivity contribution in [1.82, 2.24) is 5.09 Å². The van der Waals surface area contributed by atoms with Crippen LogP contribution >= 0.6 is 6.42 Å². The van der Waals surface area contributed by atoms with Crippen molar-refractivity contribution in [2.75, 3.05) is 6.54 Å². The minimum atomic E-state index is -2.74. The zero-order chi connectivity index (χ0) is 10.4. The molecule has 1 rings (SSSR count). The first-order chi connectivity index (χ1) is 6.67. The molecule has 0 heterocycles. The molecule has 1 aromatic carbocycles.